The van der Waals surface area contributed by atoms with Gasteiger partial charge in [-0.15, -0.1) is 0 Å². The van der Waals surface area contributed by atoms with E-state index in [-0.39, 0.29) is 10.8 Å². The van der Waals surface area contributed by atoms with Crippen LogP contribution in [0.1, 0.15) is 46.3 Å². The first kappa shape index (κ1) is 22.2. The summed E-state index contributed by atoms with van der Waals surface area (Å²) in [6, 6.07) is 22.6. The fraction of sp³-hybridized carbons (Fsp3) is 0.269. The van der Waals surface area contributed by atoms with Gasteiger partial charge in [0.25, 0.3) is 5.91 Å². The molecule has 1 amide bonds. The van der Waals surface area contributed by atoms with Gasteiger partial charge < -0.3 is 5.32 Å². The number of anilines is 1. The molecule has 0 aliphatic carbocycles. The fourth-order valence-electron chi connectivity index (χ4n) is 4.06. The second-order valence-electron chi connectivity index (χ2n) is 8.22. The summed E-state index contributed by atoms with van der Waals surface area (Å²) in [4.78, 5) is 13.3. The summed E-state index contributed by atoms with van der Waals surface area (Å²) in [5.41, 5.74) is 3.99. The number of hydrogen-bond donors (Lipinski definition) is 1. The minimum absolute atomic E-state index is 0.174. The molecule has 166 valence electrons. The molecule has 0 aromatic heterocycles. The number of piperidine rings is 1. The lowest BCUT2D eigenvalue weighted by molar-refractivity contribution is 0.102. The van der Waals surface area contributed by atoms with Crippen LogP contribution in [-0.4, -0.2) is 31.7 Å². The molecule has 1 saturated heterocycles. The second kappa shape index (κ2) is 9.67. The van der Waals surface area contributed by atoms with Crippen LogP contribution in [0.3, 0.4) is 0 Å². The molecule has 1 aliphatic heterocycles. The Labute approximate surface area is 190 Å². The third-order valence-electron chi connectivity index (χ3n) is 5.91. The first-order chi connectivity index (χ1) is 15.4. The molecule has 0 bridgehead atoms. The maximum Gasteiger partial charge on any atom is 0.255 e. The van der Waals surface area contributed by atoms with E-state index in [9.17, 15) is 13.2 Å². The van der Waals surface area contributed by atoms with Crippen LogP contribution in [0.15, 0.2) is 77.7 Å². The smallest absolute Gasteiger partial charge is 0.255 e. The number of rotatable bonds is 6. The van der Waals surface area contributed by atoms with Crippen LogP contribution in [-0.2, 0) is 16.4 Å². The van der Waals surface area contributed by atoms with Gasteiger partial charge in [0.1, 0.15) is 0 Å². The van der Waals surface area contributed by atoms with Gasteiger partial charge in [0.2, 0.25) is 10.0 Å². The molecule has 0 radical (unpaired) electrons. The summed E-state index contributed by atoms with van der Waals surface area (Å²) in [6.07, 6.45) is 3.49. The zero-order valence-corrected chi connectivity index (χ0v) is 19.1. The van der Waals surface area contributed by atoms with Gasteiger partial charge in [-0.1, -0.05) is 61.0 Å². The molecule has 4 rings (SSSR count). The van der Waals surface area contributed by atoms with E-state index in [4.69, 9.17) is 0 Å². The van der Waals surface area contributed by atoms with Crippen LogP contribution in [0.25, 0.3) is 0 Å². The molecule has 6 heteroatoms. The molecule has 0 unspecified atom stereocenters. The molecule has 3 aromatic rings. The van der Waals surface area contributed by atoms with E-state index in [1.54, 1.807) is 12.1 Å². The third-order valence-corrected chi connectivity index (χ3v) is 7.80. The highest BCUT2D eigenvalue weighted by atomic mass is 32.2. The van der Waals surface area contributed by atoms with Crippen LogP contribution in [0.2, 0.25) is 0 Å². The number of para-hydroxylation sites is 1. The third kappa shape index (κ3) is 4.92. The topological polar surface area (TPSA) is 66.5 Å². The Morgan fingerprint density at radius 2 is 1.59 bits per heavy atom. The minimum atomic E-state index is -3.60. The number of hydrogen-bond acceptors (Lipinski definition) is 3. The van der Waals surface area contributed by atoms with E-state index in [1.165, 1.54) is 10.4 Å². The molecular weight excluding hydrogens is 420 g/mol. The summed E-state index contributed by atoms with van der Waals surface area (Å²) in [5, 5.41) is 3.00. The summed E-state index contributed by atoms with van der Waals surface area (Å²) >= 11 is 0. The molecule has 0 atom stereocenters. The molecule has 3 aromatic carbocycles. The van der Waals surface area contributed by atoms with Crippen LogP contribution in [0, 0.1) is 6.92 Å². The number of carbonyl (C=O) groups is 1. The molecule has 32 heavy (non-hydrogen) atoms. The Morgan fingerprint density at radius 3 is 2.34 bits per heavy atom. The Hall–Kier alpha value is -2.96. The number of nitrogens with zero attached hydrogens (tertiary/aromatic N) is 1. The maximum absolute atomic E-state index is 13.2. The molecule has 5 nitrogen and oxygen atoms in total. The van der Waals surface area contributed by atoms with Crippen molar-refractivity contribution in [3.8, 4) is 0 Å². The minimum Gasteiger partial charge on any atom is -0.322 e. The Morgan fingerprint density at radius 1 is 0.906 bits per heavy atom. The van der Waals surface area contributed by atoms with Crippen molar-refractivity contribution >= 4 is 21.6 Å². The lowest BCUT2D eigenvalue weighted by Crippen LogP contribution is -2.35. The van der Waals surface area contributed by atoms with Gasteiger partial charge in [-0.05, 0) is 61.1 Å². The SMILES string of the molecule is Cc1ccc(S(=O)(=O)N2CCCCC2)cc1C(=O)Nc1ccccc1Cc1ccccc1. The van der Waals surface area contributed by atoms with Gasteiger partial charge in [-0.25, -0.2) is 8.42 Å². The monoisotopic (exact) mass is 448 g/mol. The van der Waals surface area contributed by atoms with Gasteiger partial charge in [0.05, 0.1) is 4.90 Å². The van der Waals surface area contributed by atoms with Crippen LogP contribution < -0.4 is 5.32 Å². The van der Waals surface area contributed by atoms with Crippen molar-refractivity contribution in [3.63, 3.8) is 0 Å². The zero-order valence-electron chi connectivity index (χ0n) is 18.3. The molecule has 0 saturated carbocycles. The Balaban J connectivity index is 1.59. The molecule has 0 spiro atoms. The number of sulfonamides is 1. The first-order valence-corrected chi connectivity index (χ1v) is 12.4. The van der Waals surface area contributed by atoms with Crippen LogP contribution in [0.5, 0.6) is 0 Å². The van der Waals surface area contributed by atoms with E-state index in [0.29, 0.717) is 25.1 Å². The maximum atomic E-state index is 13.2. The largest absolute Gasteiger partial charge is 0.322 e. The van der Waals surface area contributed by atoms with E-state index in [0.717, 1.165) is 41.6 Å². The van der Waals surface area contributed by atoms with Crippen molar-refractivity contribution in [2.45, 2.75) is 37.5 Å². The number of nitrogens with one attached hydrogen (secondary N) is 1. The summed E-state index contributed by atoms with van der Waals surface area (Å²) in [6.45, 7) is 2.89. The van der Waals surface area contributed by atoms with Crippen molar-refractivity contribution in [1.29, 1.82) is 0 Å². The van der Waals surface area contributed by atoms with E-state index >= 15 is 0 Å². The number of aryl methyl sites for hydroxylation is 1. The zero-order chi connectivity index (χ0) is 22.6. The first-order valence-electron chi connectivity index (χ1n) is 11.0. The van der Waals surface area contributed by atoms with Crippen molar-refractivity contribution in [2.75, 3.05) is 18.4 Å². The van der Waals surface area contributed by atoms with Gasteiger partial charge in [-0.3, -0.25) is 4.79 Å². The average molecular weight is 449 g/mol. The second-order valence-corrected chi connectivity index (χ2v) is 10.2. The lowest BCUT2D eigenvalue weighted by Gasteiger charge is -2.26. The summed E-state index contributed by atoms with van der Waals surface area (Å²) in [5.74, 6) is -0.307. The summed E-state index contributed by atoms with van der Waals surface area (Å²) < 4.78 is 27.7. The predicted octanol–water partition coefficient (Wildman–Crippen LogP) is 5.01. The highest BCUT2D eigenvalue weighted by Crippen LogP contribution is 2.25. The van der Waals surface area contributed by atoms with E-state index in [2.05, 4.69) is 17.4 Å². The van der Waals surface area contributed by atoms with E-state index in [1.807, 2.05) is 49.4 Å². The number of amides is 1. The normalized spacial score (nSPS) is 14.8. The van der Waals surface area contributed by atoms with Crippen molar-refractivity contribution in [1.82, 2.24) is 4.31 Å². The van der Waals surface area contributed by atoms with Gasteiger partial charge in [-0.2, -0.15) is 4.31 Å². The number of carbonyl (C=O) groups excluding carboxylic acids is 1. The summed E-state index contributed by atoms with van der Waals surface area (Å²) in [7, 11) is -3.60. The average Bonchev–Trinajstić information content (AvgIpc) is 2.81. The van der Waals surface area contributed by atoms with Gasteiger partial charge in [0.15, 0.2) is 0 Å². The van der Waals surface area contributed by atoms with Gasteiger partial charge in [0, 0.05) is 24.3 Å². The van der Waals surface area contributed by atoms with Crippen LogP contribution >= 0.6 is 0 Å². The van der Waals surface area contributed by atoms with Crippen molar-refractivity contribution in [2.24, 2.45) is 0 Å². The molecule has 1 N–H and O–H groups in total. The molecular formula is C26H28N2O3S. The molecule has 1 heterocycles. The lowest BCUT2D eigenvalue weighted by atomic mass is 10.0. The van der Waals surface area contributed by atoms with E-state index < -0.39 is 10.0 Å². The quantitative estimate of drug-likeness (QED) is 0.576. The standard InChI is InChI=1S/C26H28N2O3S/c1-20-14-15-23(32(30,31)28-16-8-3-9-17-28)19-24(20)26(29)27-25-13-7-6-12-22(25)18-21-10-4-2-5-11-21/h2,4-7,10-15,19H,3,8-9,16-18H2,1H3,(H,27,29). The van der Waals surface area contributed by atoms with Crippen molar-refractivity contribution in [3.05, 3.63) is 95.1 Å². The molecule has 1 aliphatic rings. The highest BCUT2D eigenvalue weighted by Gasteiger charge is 2.27. The van der Waals surface area contributed by atoms with Gasteiger partial charge >= 0.3 is 0 Å². The molecule has 1 fully saturated rings. The highest BCUT2D eigenvalue weighted by molar-refractivity contribution is 7.89. The predicted molar refractivity (Wildman–Crippen MR) is 127 cm³/mol. The van der Waals surface area contributed by atoms with Crippen LogP contribution in [0.4, 0.5) is 5.69 Å². The Kier molecular flexibility index (Phi) is 6.72. The fourth-order valence-corrected chi connectivity index (χ4v) is 5.61. The Bertz CT molecular complexity index is 1200. The number of benzene rings is 3. The van der Waals surface area contributed by atoms with Crippen molar-refractivity contribution < 1.29 is 13.2 Å².